The molecule has 0 saturated carbocycles. The highest BCUT2D eigenvalue weighted by Gasteiger charge is 2.20. The Kier molecular flexibility index (Phi) is 5.69. The second-order valence-corrected chi connectivity index (χ2v) is 4.64. The van der Waals surface area contributed by atoms with E-state index in [1.54, 1.807) is 12.1 Å². The number of likely N-dealkylation sites (N-methyl/N-ethyl adjacent to an activating group) is 1. The van der Waals surface area contributed by atoms with Gasteiger partial charge in [-0.25, -0.2) is 8.78 Å². The Morgan fingerprint density at radius 3 is 1.94 bits per heavy atom. The van der Waals surface area contributed by atoms with Crippen molar-refractivity contribution in [1.29, 1.82) is 0 Å². The van der Waals surface area contributed by atoms with Gasteiger partial charge in [0, 0.05) is 24.2 Å². The highest BCUT2D eigenvalue weighted by molar-refractivity contribution is 5.26. The van der Waals surface area contributed by atoms with Crippen molar-refractivity contribution in [1.82, 2.24) is 4.90 Å². The van der Waals surface area contributed by atoms with Gasteiger partial charge < -0.3 is 5.73 Å². The van der Waals surface area contributed by atoms with E-state index in [1.165, 1.54) is 12.1 Å². The number of halogens is 2. The fourth-order valence-electron chi connectivity index (χ4n) is 2.27. The molecule has 1 rings (SSSR count). The highest BCUT2D eigenvalue weighted by atomic mass is 19.3. The molecule has 4 heteroatoms. The zero-order valence-corrected chi connectivity index (χ0v) is 11.2. The fourth-order valence-corrected chi connectivity index (χ4v) is 2.27. The van der Waals surface area contributed by atoms with Crippen LogP contribution in [0.2, 0.25) is 0 Å². The van der Waals surface area contributed by atoms with Crippen molar-refractivity contribution in [2.24, 2.45) is 5.73 Å². The van der Waals surface area contributed by atoms with Crippen molar-refractivity contribution in [3.63, 3.8) is 0 Å². The van der Waals surface area contributed by atoms with Crippen LogP contribution >= 0.6 is 0 Å². The van der Waals surface area contributed by atoms with Crippen molar-refractivity contribution in [3.8, 4) is 0 Å². The average molecular weight is 256 g/mol. The molecule has 0 saturated heterocycles. The van der Waals surface area contributed by atoms with E-state index in [-0.39, 0.29) is 11.6 Å². The van der Waals surface area contributed by atoms with Crippen LogP contribution in [0.25, 0.3) is 0 Å². The van der Waals surface area contributed by atoms with E-state index in [1.807, 2.05) is 0 Å². The van der Waals surface area contributed by atoms with Crippen LogP contribution in [0.3, 0.4) is 0 Å². The molecule has 0 aliphatic rings. The molecule has 0 aliphatic carbocycles. The summed E-state index contributed by atoms with van der Waals surface area (Å²) in [4.78, 5) is 2.26. The third-order valence-electron chi connectivity index (χ3n) is 3.23. The third kappa shape index (κ3) is 3.50. The van der Waals surface area contributed by atoms with Crippen LogP contribution < -0.4 is 5.73 Å². The third-order valence-corrected chi connectivity index (χ3v) is 3.23. The molecule has 0 amide bonds. The summed E-state index contributed by atoms with van der Waals surface area (Å²) in [7, 11) is 0. The predicted octanol–water partition coefficient (Wildman–Crippen LogP) is 3.35. The monoisotopic (exact) mass is 256 g/mol. The molecule has 0 heterocycles. The number of nitrogens with two attached hydrogens (primary N) is 1. The summed E-state index contributed by atoms with van der Waals surface area (Å²) in [5.41, 5.74) is 6.88. The van der Waals surface area contributed by atoms with E-state index in [4.69, 9.17) is 5.73 Å². The van der Waals surface area contributed by atoms with Crippen LogP contribution in [-0.2, 0) is 0 Å². The highest BCUT2D eigenvalue weighted by Crippen LogP contribution is 2.25. The Hall–Kier alpha value is -1.00. The molecule has 0 radical (unpaired) electrons. The minimum absolute atomic E-state index is 0.0575. The molecule has 18 heavy (non-hydrogen) atoms. The lowest BCUT2D eigenvalue weighted by Gasteiger charge is -2.33. The van der Waals surface area contributed by atoms with Gasteiger partial charge in [-0.3, -0.25) is 4.90 Å². The molecule has 0 aromatic heterocycles. The van der Waals surface area contributed by atoms with Gasteiger partial charge in [-0.1, -0.05) is 31.2 Å². The predicted molar refractivity (Wildman–Crippen MR) is 70.7 cm³/mol. The van der Waals surface area contributed by atoms with Gasteiger partial charge in [0.05, 0.1) is 0 Å². The van der Waals surface area contributed by atoms with E-state index >= 15 is 0 Å². The number of hydrogen-bond donors (Lipinski definition) is 1. The van der Waals surface area contributed by atoms with Crippen molar-refractivity contribution in [2.75, 3.05) is 13.1 Å². The first-order chi connectivity index (χ1) is 8.51. The Balaban J connectivity index is 2.94. The van der Waals surface area contributed by atoms with E-state index in [2.05, 4.69) is 25.7 Å². The summed E-state index contributed by atoms with van der Waals surface area (Å²) in [5.74, 6) is 0. The largest absolute Gasteiger partial charge is 0.329 e. The van der Waals surface area contributed by atoms with Gasteiger partial charge in [0.2, 0.25) is 0 Å². The van der Waals surface area contributed by atoms with Gasteiger partial charge in [-0.2, -0.15) is 0 Å². The SMILES string of the molecule is CCN(C(C)C)C(CN)c1ccc(C(F)F)cc1. The molecule has 1 aromatic rings. The van der Waals surface area contributed by atoms with Crippen molar-refractivity contribution in [3.05, 3.63) is 35.4 Å². The van der Waals surface area contributed by atoms with E-state index < -0.39 is 6.43 Å². The first-order valence-electron chi connectivity index (χ1n) is 6.35. The first-order valence-corrected chi connectivity index (χ1v) is 6.35. The Bertz CT molecular complexity index is 349. The van der Waals surface area contributed by atoms with Crippen LogP contribution in [0.4, 0.5) is 8.78 Å². The summed E-state index contributed by atoms with van der Waals surface area (Å²) in [6.45, 7) is 7.67. The van der Waals surface area contributed by atoms with Crippen molar-refractivity contribution in [2.45, 2.75) is 39.3 Å². The van der Waals surface area contributed by atoms with Gasteiger partial charge in [0.25, 0.3) is 6.43 Å². The number of benzene rings is 1. The summed E-state index contributed by atoms with van der Waals surface area (Å²) >= 11 is 0. The minimum atomic E-state index is -2.41. The maximum absolute atomic E-state index is 12.5. The quantitative estimate of drug-likeness (QED) is 0.845. The molecular formula is C14H22F2N2. The standard InChI is InChI=1S/C14H22F2N2/c1-4-18(10(2)3)13(9-17)11-5-7-12(8-6-11)14(15)16/h5-8,10,13-14H,4,9,17H2,1-3H3. The maximum Gasteiger partial charge on any atom is 0.263 e. The number of rotatable bonds is 6. The number of nitrogens with zero attached hydrogens (tertiary/aromatic N) is 1. The summed E-state index contributed by atoms with van der Waals surface area (Å²) < 4.78 is 25.0. The summed E-state index contributed by atoms with van der Waals surface area (Å²) in [6, 6.07) is 6.93. The minimum Gasteiger partial charge on any atom is -0.329 e. The Morgan fingerprint density at radius 1 is 1.11 bits per heavy atom. The lowest BCUT2D eigenvalue weighted by molar-refractivity contribution is 0.151. The Labute approximate surface area is 108 Å². The van der Waals surface area contributed by atoms with Crippen molar-refractivity contribution < 1.29 is 8.78 Å². The molecule has 1 aromatic carbocycles. The van der Waals surface area contributed by atoms with E-state index in [0.29, 0.717) is 12.6 Å². The first kappa shape index (κ1) is 15.1. The van der Waals surface area contributed by atoms with Crippen LogP contribution in [0.1, 0.15) is 44.4 Å². The molecule has 2 N–H and O–H groups in total. The molecule has 102 valence electrons. The van der Waals surface area contributed by atoms with Crippen LogP contribution in [0.15, 0.2) is 24.3 Å². The van der Waals surface area contributed by atoms with Gasteiger partial charge in [-0.05, 0) is 26.0 Å². The Morgan fingerprint density at radius 2 is 1.61 bits per heavy atom. The lowest BCUT2D eigenvalue weighted by atomic mass is 10.0. The average Bonchev–Trinajstić information content (AvgIpc) is 2.35. The van der Waals surface area contributed by atoms with E-state index in [0.717, 1.165) is 12.1 Å². The van der Waals surface area contributed by atoms with Crippen LogP contribution in [0, 0.1) is 0 Å². The van der Waals surface area contributed by atoms with Gasteiger partial charge >= 0.3 is 0 Å². The number of hydrogen-bond acceptors (Lipinski definition) is 2. The molecule has 2 nitrogen and oxygen atoms in total. The van der Waals surface area contributed by atoms with Gasteiger partial charge in [0.15, 0.2) is 0 Å². The van der Waals surface area contributed by atoms with Gasteiger partial charge in [0.1, 0.15) is 0 Å². The second kappa shape index (κ2) is 6.81. The molecule has 0 spiro atoms. The lowest BCUT2D eigenvalue weighted by Crippen LogP contribution is -2.38. The maximum atomic E-state index is 12.5. The normalized spacial score (nSPS) is 13.6. The second-order valence-electron chi connectivity index (χ2n) is 4.64. The molecule has 1 atom stereocenters. The summed E-state index contributed by atoms with van der Waals surface area (Å²) in [6.07, 6.45) is -2.41. The van der Waals surface area contributed by atoms with Crippen LogP contribution in [-0.4, -0.2) is 24.0 Å². The zero-order chi connectivity index (χ0) is 13.7. The number of alkyl halides is 2. The molecule has 1 unspecified atom stereocenters. The summed E-state index contributed by atoms with van der Waals surface area (Å²) in [5, 5.41) is 0. The van der Waals surface area contributed by atoms with E-state index in [9.17, 15) is 8.78 Å². The molecular weight excluding hydrogens is 234 g/mol. The zero-order valence-electron chi connectivity index (χ0n) is 11.2. The van der Waals surface area contributed by atoms with Crippen LogP contribution in [0.5, 0.6) is 0 Å². The molecule has 0 bridgehead atoms. The molecule has 0 fully saturated rings. The topological polar surface area (TPSA) is 29.3 Å². The smallest absolute Gasteiger partial charge is 0.263 e. The van der Waals surface area contributed by atoms with Gasteiger partial charge in [-0.15, -0.1) is 0 Å². The molecule has 0 aliphatic heterocycles. The fraction of sp³-hybridized carbons (Fsp3) is 0.571. The van der Waals surface area contributed by atoms with Crippen molar-refractivity contribution >= 4 is 0 Å².